The van der Waals surface area contributed by atoms with Gasteiger partial charge in [0, 0.05) is 36.9 Å². The molecule has 2 heterocycles. The first-order chi connectivity index (χ1) is 14.0. The number of nitrogens with zero attached hydrogens (tertiary/aromatic N) is 4. The number of anilines is 1. The molecular formula is C19H24ClN5O3S. The highest BCUT2D eigenvalue weighted by molar-refractivity contribution is 7.13. The van der Waals surface area contributed by atoms with Crippen molar-refractivity contribution < 1.29 is 14.3 Å². The summed E-state index contributed by atoms with van der Waals surface area (Å²) in [7, 11) is 0. The monoisotopic (exact) mass is 437 g/mol. The fraction of sp³-hybridized carbons (Fsp3) is 0.474. The number of carbonyl (C=O) groups is 2. The number of hydrogen-bond donors (Lipinski definition) is 1. The van der Waals surface area contributed by atoms with Gasteiger partial charge in [0.2, 0.25) is 10.9 Å². The van der Waals surface area contributed by atoms with E-state index in [1.54, 1.807) is 24.3 Å². The maximum Gasteiger partial charge on any atom is 0.286 e. The van der Waals surface area contributed by atoms with Crippen LogP contribution in [0.25, 0.3) is 0 Å². The molecule has 10 heteroatoms. The van der Waals surface area contributed by atoms with Crippen molar-refractivity contribution in [2.75, 3.05) is 44.6 Å². The van der Waals surface area contributed by atoms with Gasteiger partial charge in [-0.25, -0.2) is 0 Å². The van der Waals surface area contributed by atoms with Crippen LogP contribution in [0.15, 0.2) is 24.3 Å². The molecule has 0 radical (unpaired) electrons. The Morgan fingerprint density at radius 1 is 1.24 bits per heavy atom. The zero-order valence-electron chi connectivity index (χ0n) is 16.3. The van der Waals surface area contributed by atoms with Gasteiger partial charge in [0.1, 0.15) is 18.2 Å². The number of carbonyl (C=O) groups excluding carboxylic acids is 2. The molecule has 2 aromatic rings. The predicted octanol–water partition coefficient (Wildman–Crippen LogP) is 2.51. The van der Waals surface area contributed by atoms with Crippen molar-refractivity contribution >= 4 is 40.4 Å². The van der Waals surface area contributed by atoms with Crippen LogP contribution in [-0.4, -0.2) is 71.1 Å². The molecule has 0 aliphatic carbocycles. The van der Waals surface area contributed by atoms with E-state index in [9.17, 15) is 9.59 Å². The Bertz CT molecular complexity index is 839. The van der Waals surface area contributed by atoms with Crippen molar-refractivity contribution in [2.45, 2.75) is 20.0 Å². The molecule has 0 saturated carbocycles. The van der Waals surface area contributed by atoms with Crippen LogP contribution in [0.2, 0.25) is 5.02 Å². The number of nitrogens with one attached hydrogen (secondary N) is 1. The smallest absolute Gasteiger partial charge is 0.286 e. The average molecular weight is 438 g/mol. The van der Waals surface area contributed by atoms with E-state index in [0.29, 0.717) is 15.7 Å². The first-order valence-electron chi connectivity index (χ1n) is 9.52. The number of rotatable bonds is 8. The fourth-order valence-corrected chi connectivity index (χ4v) is 3.87. The summed E-state index contributed by atoms with van der Waals surface area (Å²) in [6.07, 6.45) is 1.12. The molecule has 156 valence electrons. The van der Waals surface area contributed by atoms with Gasteiger partial charge in [0.25, 0.3) is 5.91 Å². The van der Waals surface area contributed by atoms with Crippen molar-refractivity contribution in [1.29, 1.82) is 0 Å². The lowest BCUT2D eigenvalue weighted by molar-refractivity contribution is -0.138. The summed E-state index contributed by atoms with van der Waals surface area (Å²) in [5, 5.41) is 11.9. The molecule has 0 unspecified atom stereocenters. The van der Waals surface area contributed by atoms with Gasteiger partial charge in [-0.2, -0.15) is 0 Å². The molecule has 1 saturated heterocycles. The minimum Gasteiger partial charge on any atom is -0.364 e. The van der Waals surface area contributed by atoms with Gasteiger partial charge in [-0.3, -0.25) is 14.5 Å². The third kappa shape index (κ3) is 6.46. The molecule has 1 N–H and O–H groups in total. The van der Waals surface area contributed by atoms with Crippen LogP contribution in [0.1, 0.15) is 28.2 Å². The predicted molar refractivity (Wildman–Crippen MR) is 112 cm³/mol. The highest BCUT2D eigenvalue weighted by atomic mass is 35.5. The van der Waals surface area contributed by atoms with Crippen LogP contribution in [0, 0.1) is 0 Å². The number of ether oxygens (including phenoxy) is 1. The summed E-state index contributed by atoms with van der Waals surface area (Å²) in [4.78, 5) is 28.7. The topological polar surface area (TPSA) is 87.7 Å². The molecule has 8 nitrogen and oxygen atoms in total. The Labute approximate surface area is 178 Å². The van der Waals surface area contributed by atoms with Gasteiger partial charge in [-0.1, -0.05) is 35.9 Å². The summed E-state index contributed by atoms with van der Waals surface area (Å²) in [5.74, 6) is -0.387. The van der Waals surface area contributed by atoms with Crippen molar-refractivity contribution in [2.24, 2.45) is 0 Å². The number of benzene rings is 1. The van der Waals surface area contributed by atoms with Crippen molar-refractivity contribution in [3.05, 3.63) is 39.3 Å². The van der Waals surface area contributed by atoms with E-state index in [1.165, 1.54) is 0 Å². The molecule has 1 aliphatic heterocycles. The zero-order chi connectivity index (χ0) is 20.6. The average Bonchev–Trinajstić information content (AvgIpc) is 3.18. The molecule has 1 aromatic carbocycles. The van der Waals surface area contributed by atoms with Gasteiger partial charge >= 0.3 is 0 Å². The Hall–Kier alpha value is -2.07. The Morgan fingerprint density at radius 3 is 2.76 bits per heavy atom. The van der Waals surface area contributed by atoms with Crippen LogP contribution in [0.3, 0.4) is 0 Å². The van der Waals surface area contributed by atoms with E-state index in [-0.39, 0.29) is 30.0 Å². The molecule has 3 rings (SSSR count). The van der Waals surface area contributed by atoms with Gasteiger partial charge in [0.05, 0.1) is 0 Å². The summed E-state index contributed by atoms with van der Waals surface area (Å²) >= 11 is 7.05. The minimum atomic E-state index is -0.364. The number of hydrogen-bond acceptors (Lipinski definition) is 7. The third-order valence-corrected chi connectivity index (χ3v) is 5.59. The Balaban J connectivity index is 1.41. The van der Waals surface area contributed by atoms with E-state index >= 15 is 0 Å². The largest absolute Gasteiger partial charge is 0.364 e. The van der Waals surface area contributed by atoms with Gasteiger partial charge in [-0.05, 0) is 31.2 Å². The highest BCUT2D eigenvalue weighted by Gasteiger charge is 2.21. The zero-order valence-corrected chi connectivity index (χ0v) is 17.8. The lowest BCUT2D eigenvalue weighted by Crippen LogP contribution is -2.49. The number of halogens is 1. The number of piperazine rings is 1. The summed E-state index contributed by atoms with van der Waals surface area (Å²) in [6.45, 7) is 6.64. The summed E-state index contributed by atoms with van der Waals surface area (Å²) in [5.41, 5.74) is 0.583. The van der Waals surface area contributed by atoms with Crippen molar-refractivity contribution in [3.63, 3.8) is 0 Å². The molecule has 1 aliphatic rings. The molecule has 1 fully saturated rings. The Kier molecular flexibility index (Phi) is 7.93. The van der Waals surface area contributed by atoms with Crippen LogP contribution in [0.4, 0.5) is 5.69 Å². The maximum atomic E-state index is 12.3. The molecule has 2 amide bonds. The minimum absolute atomic E-state index is 0.00258. The van der Waals surface area contributed by atoms with Gasteiger partial charge in [0.15, 0.2) is 0 Å². The van der Waals surface area contributed by atoms with E-state index < -0.39 is 0 Å². The van der Waals surface area contributed by atoms with E-state index in [2.05, 4.69) is 27.3 Å². The van der Waals surface area contributed by atoms with Crippen LogP contribution in [-0.2, 0) is 16.1 Å². The Morgan fingerprint density at radius 2 is 2.03 bits per heavy atom. The van der Waals surface area contributed by atoms with Crippen molar-refractivity contribution in [1.82, 2.24) is 20.0 Å². The van der Waals surface area contributed by atoms with Crippen LogP contribution < -0.4 is 5.32 Å². The van der Waals surface area contributed by atoms with Crippen LogP contribution in [0.5, 0.6) is 0 Å². The normalized spacial score (nSPS) is 14.8. The maximum absolute atomic E-state index is 12.3. The fourth-order valence-electron chi connectivity index (χ4n) is 3.01. The quantitative estimate of drug-likeness (QED) is 0.682. The van der Waals surface area contributed by atoms with Crippen LogP contribution >= 0.6 is 22.9 Å². The van der Waals surface area contributed by atoms with E-state index in [0.717, 1.165) is 50.5 Å². The van der Waals surface area contributed by atoms with E-state index in [1.807, 2.05) is 4.90 Å². The second-order valence-electron chi connectivity index (χ2n) is 6.68. The standard InChI is InChI=1S/C19H24ClN5O3S/c1-2-6-24-7-9-25(10-8-24)17(26)13-28-12-16-22-23-19(29-16)18(27)21-15-5-3-4-14(20)11-15/h3-5,11H,2,6-10,12-13H2,1H3,(H,21,27). The number of aromatic nitrogens is 2. The number of amides is 2. The first-order valence-corrected chi connectivity index (χ1v) is 10.7. The molecule has 0 atom stereocenters. The molecule has 29 heavy (non-hydrogen) atoms. The second-order valence-corrected chi connectivity index (χ2v) is 8.18. The molecule has 0 spiro atoms. The third-order valence-electron chi connectivity index (χ3n) is 4.46. The summed E-state index contributed by atoms with van der Waals surface area (Å²) in [6, 6.07) is 6.86. The SMILES string of the molecule is CCCN1CCN(C(=O)COCc2nnc(C(=O)Nc3cccc(Cl)c3)s2)CC1. The van der Waals surface area contributed by atoms with Gasteiger partial charge in [-0.15, -0.1) is 10.2 Å². The first kappa shape index (κ1) is 21.6. The lowest BCUT2D eigenvalue weighted by atomic mass is 10.3. The lowest BCUT2D eigenvalue weighted by Gasteiger charge is -2.34. The molecular weight excluding hydrogens is 414 g/mol. The van der Waals surface area contributed by atoms with E-state index in [4.69, 9.17) is 16.3 Å². The van der Waals surface area contributed by atoms with Crippen molar-refractivity contribution in [3.8, 4) is 0 Å². The molecule has 0 bridgehead atoms. The molecule has 1 aromatic heterocycles. The van der Waals surface area contributed by atoms with Gasteiger partial charge < -0.3 is 15.0 Å². The highest BCUT2D eigenvalue weighted by Crippen LogP contribution is 2.17. The second kappa shape index (κ2) is 10.6. The summed E-state index contributed by atoms with van der Waals surface area (Å²) < 4.78 is 5.49.